The highest BCUT2D eigenvalue weighted by Gasteiger charge is 2.18. The summed E-state index contributed by atoms with van der Waals surface area (Å²) in [5.41, 5.74) is 1.25. The van der Waals surface area contributed by atoms with E-state index in [9.17, 15) is 4.79 Å². The minimum atomic E-state index is -0.208. The Morgan fingerprint density at radius 1 is 1.23 bits per heavy atom. The summed E-state index contributed by atoms with van der Waals surface area (Å²) in [5, 5.41) is 11.1. The van der Waals surface area contributed by atoms with Crippen LogP contribution in [0.2, 0.25) is 0 Å². The molecule has 1 amide bonds. The maximum absolute atomic E-state index is 12.6. The number of nitrogens with zero attached hydrogens (tertiary/aromatic N) is 3. The molecule has 3 aromatic rings. The summed E-state index contributed by atoms with van der Waals surface area (Å²) < 4.78 is 13.2. The van der Waals surface area contributed by atoms with Crippen LogP contribution in [0.15, 0.2) is 48.7 Å². The number of hydrogen-bond donors (Lipinski definition) is 1. The number of aromatic nitrogens is 3. The number of carbonyl (C=O) groups is 1. The van der Waals surface area contributed by atoms with Crippen LogP contribution in [0.1, 0.15) is 29.0 Å². The lowest BCUT2D eigenvalue weighted by molar-refractivity contribution is 0.0670. The van der Waals surface area contributed by atoms with E-state index in [1.54, 1.807) is 12.1 Å². The van der Waals surface area contributed by atoms with Gasteiger partial charge in [0.1, 0.15) is 12.4 Å². The molecule has 0 spiro atoms. The van der Waals surface area contributed by atoms with Crippen molar-refractivity contribution in [1.29, 1.82) is 0 Å². The van der Waals surface area contributed by atoms with E-state index in [0.29, 0.717) is 23.7 Å². The van der Waals surface area contributed by atoms with E-state index in [-0.39, 0.29) is 18.6 Å². The van der Waals surface area contributed by atoms with E-state index in [2.05, 4.69) is 15.5 Å². The van der Waals surface area contributed by atoms with E-state index in [1.165, 1.54) is 0 Å². The Morgan fingerprint density at radius 2 is 2.12 bits per heavy atom. The highest BCUT2D eigenvalue weighted by molar-refractivity contribution is 5.96. The molecule has 1 unspecified atom stereocenters. The van der Waals surface area contributed by atoms with Crippen molar-refractivity contribution in [3.05, 3.63) is 60.0 Å². The fourth-order valence-corrected chi connectivity index (χ4v) is 3.00. The summed E-state index contributed by atoms with van der Waals surface area (Å²) in [4.78, 5) is 12.6. The third kappa shape index (κ3) is 3.52. The molecule has 1 N–H and O–H groups in total. The maximum atomic E-state index is 12.6. The van der Waals surface area contributed by atoms with Crippen molar-refractivity contribution in [3.8, 4) is 5.75 Å². The molecular weight excluding hydrogens is 332 g/mol. The fourth-order valence-electron chi connectivity index (χ4n) is 3.00. The largest absolute Gasteiger partial charge is 0.490 e. The molecule has 1 atom stereocenters. The summed E-state index contributed by atoms with van der Waals surface area (Å²) in [6.45, 7) is 1.52. The van der Waals surface area contributed by atoms with Crippen molar-refractivity contribution in [2.24, 2.45) is 0 Å². The van der Waals surface area contributed by atoms with E-state index in [0.717, 1.165) is 25.1 Å². The van der Waals surface area contributed by atoms with Gasteiger partial charge in [-0.1, -0.05) is 18.2 Å². The van der Waals surface area contributed by atoms with Gasteiger partial charge in [0.25, 0.3) is 5.91 Å². The number of carbonyl (C=O) groups excluding carboxylic acids is 1. The molecule has 0 bridgehead atoms. The number of benzene rings is 1. The molecule has 7 nitrogen and oxygen atoms in total. The molecular formula is C19H20N4O3. The van der Waals surface area contributed by atoms with Crippen LogP contribution in [0, 0.1) is 0 Å². The smallest absolute Gasteiger partial charge is 0.255 e. The maximum Gasteiger partial charge on any atom is 0.255 e. The average Bonchev–Trinajstić information content (AvgIpc) is 3.34. The minimum Gasteiger partial charge on any atom is -0.490 e. The molecule has 1 aromatic carbocycles. The SMILES string of the molecule is O=C(NCc1nnc2ccccn12)c1ccccc1OCC1CCCO1. The van der Waals surface area contributed by atoms with Crippen LogP contribution >= 0.6 is 0 Å². The van der Waals surface area contributed by atoms with Gasteiger partial charge in [0.05, 0.1) is 18.2 Å². The second-order valence-electron chi connectivity index (χ2n) is 6.17. The van der Waals surface area contributed by atoms with Crippen LogP contribution in [-0.4, -0.2) is 39.8 Å². The van der Waals surface area contributed by atoms with Crippen molar-refractivity contribution >= 4 is 11.6 Å². The second-order valence-corrected chi connectivity index (χ2v) is 6.17. The zero-order valence-electron chi connectivity index (χ0n) is 14.3. The number of hydrogen-bond acceptors (Lipinski definition) is 5. The van der Waals surface area contributed by atoms with E-state index in [1.807, 2.05) is 40.9 Å². The molecule has 1 aliphatic heterocycles. The van der Waals surface area contributed by atoms with Gasteiger partial charge in [0, 0.05) is 12.8 Å². The van der Waals surface area contributed by atoms with Gasteiger partial charge in [0.2, 0.25) is 0 Å². The number of rotatable bonds is 6. The molecule has 3 heterocycles. The van der Waals surface area contributed by atoms with Gasteiger partial charge in [-0.3, -0.25) is 9.20 Å². The summed E-state index contributed by atoms with van der Waals surface area (Å²) in [6, 6.07) is 12.9. The zero-order chi connectivity index (χ0) is 17.8. The van der Waals surface area contributed by atoms with Gasteiger partial charge in [0.15, 0.2) is 11.5 Å². The van der Waals surface area contributed by atoms with Gasteiger partial charge in [-0.2, -0.15) is 0 Å². The van der Waals surface area contributed by atoms with Crippen molar-refractivity contribution in [2.75, 3.05) is 13.2 Å². The van der Waals surface area contributed by atoms with Crippen LogP contribution in [-0.2, 0) is 11.3 Å². The lowest BCUT2D eigenvalue weighted by Crippen LogP contribution is -2.25. The van der Waals surface area contributed by atoms with Crippen molar-refractivity contribution in [3.63, 3.8) is 0 Å². The van der Waals surface area contributed by atoms with Gasteiger partial charge in [-0.25, -0.2) is 0 Å². The van der Waals surface area contributed by atoms with E-state index in [4.69, 9.17) is 9.47 Å². The Bertz CT molecular complexity index is 902. The number of amides is 1. The Labute approximate surface area is 151 Å². The van der Waals surface area contributed by atoms with Gasteiger partial charge in [-0.15, -0.1) is 10.2 Å². The Morgan fingerprint density at radius 3 is 3.00 bits per heavy atom. The number of ether oxygens (including phenoxy) is 2. The Hall–Kier alpha value is -2.93. The number of nitrogens with one attached hydrogen (secondary N) is 1. The minimum absolute atomic E-state index is 0.105. The van der Waals surface area contributed by atoms with Crippen LogP contribution in [0.25, 0.3) is 5.65 Å². The van der Waals surface area contributed by atoms with E-state index < -0.39 is 0 Å². The molecule has 1 saturated heterocycles. The Balaban J connectivity index is 1.42. The third-order valence-electron chi connectivity index (χ3n) is 4.37. The lowest BCUT2D eigenvalue weighted by atomic mass is 10.2. The molecule has 2 aromatic heterocycles. The lowest BCUT2D eigenvalue weighted by Gasteiger charge is -2.14. The highest BCUT2D eigenvalue weighted by atomic mass is 16.5. The predicted molar refractivity (Wildman–Crippen MR) is 95.1 cm³/mol. The average molecular weight is 352 g/mol. The van der Waals surface area contributed by atoms with Crippen LogP contribution in [0.4, 0.5) is 0 Å². The number of fused-ring (bicyclic) bond motifs is 1. The second kappa shape index (κ2) is 7.53. The molecule has 0 saturated carbocycles. The summed E-state index contributed by atoms with van der Waals surface area (Å²) in [6.07, 6.45) is 4.03. The summed E-state index contributed by atoms with van der Waals surface area (Å²) in [7, 11) is 0. The molecule has 0 aliphatic carbocycles. The fraction of sp³-hybridized carbons (Fsp3) is 0.316. The first kappa shape index (κ1) is 16.5. The molecule has 26 heavy (non-hydrogen) atoms. The zero-order valence-corrected chi connectivity index (χ0v) is 14.3. The topological polar surface area (TPSA) is 77.8 Å². The van der Waals surface area contributed by atoms with Gasteiger partial charge in [-0.05, 0) is 37.1 Å². The highest BCUT2D eigenvalue weighted by Crippen LogP contribution is 2.20. The first-order chi connectivity index (χ1) is 12.8. The van der Waals surface area contributed by atoms with Crippen LogP contribution in [0.3, 0.4) is 0 Å². The van der Waals surface area contributed by atoms with Gasteiger partial charge < -0.3 is 14.8 Å². The number of para-hydroxylation sites is 1. The van der Waals surface area contributed by atoms with Crippen LogP contribution < -0.4 is 10.1 Å². The normalized spacial score (nSPS) is 16.7. The van der Waals surface area contributed by atoms with Gasteiger partial charge >= 0.3 is 0 Å². The first-order valence-electron chi connectivity index (χ1n) is 8.71. The number of pyridine rings is 1. The predicted octanol–water partition coefficient (Wildman–Crippen LogP) is 2.22. The molecule has 1 aliphatic rings. The first-order valence-corrected chi connectivity index (χ1v) is 8.71. The van der Waals surface area contributed by atoms with Crippen molar-refractivity contribution < 1.29 is 14.3 Å². The summed E-state index contributed by atoms with van der Waals surface area (Å²) in [5.74, 6) is 1.03. The summed E-state index contributed by atoms with van der Waals surface area (Å²) >= 11 is 0. The van der Waals surface area contributed by atoms with Crippen LogP contribution in [0.5, 0.6) is 5.75 Å². The quantitative estimate of drug-likeness (QED) is 0.736. The Kier molecular flexibility index (Phi) is 4.79. The molecule has 134 valence electrons. The molecule has 4 rings (SSSR count). The van der Waals surface area contributed by atoms with Crippen molar-refractivity contribution in [1.82, 2.24) is 19.9 Å². The third-order valence-corrected chi connectivity index (χ3v) is 4.37. The van der Waals surface area contributed by atoms with E-state index >= 15 is 0 Å². The molecule has 0 radical (unpaired) electrons. The molecule has 1 fully saturated rings. The van der Waals surface area contributed by atoms with Crippen molar-refractivity contribution in [2.45, 2.75) is 25.5 Å². The monoisotopic (exact) mass is 352 g/mol. The standard InChI is InChI=1S/C19H20N4O3/c24-19(20-12-18-22-21-17-9-3-4-10-23(17)18)15-7-1-2-8-16(15)26-13-14-6-5-11-25-14/h1-4,7-10,14H,5-6,11-13H2,(H,20,24). The molecule has 7 heteroatoms.